The van der Waals surface area contributed by atoms with E-state index in [4.69, 9.17) is 9.15 Å². The van der Waals surface area contributed by atoms with E-state index in [1.165, 1.54) is 5.56 Å². The molecule has 0 saturated carbocycles. The van der Waals surface area contributed by atoms with E-state index in [2.05, 4.69) is 22.2 Å². The van der Waals surface area contributed by atoms with Crippen LogP contribution in [0.25, 0.3) is 22.6 Å². The van der Waals surface area contributed by atoms with Gasteiger partial charge in [-0.05, 0) is 55.2 Å². The number of aromatic nitrogens is 3. The average molecular weight is 403 g/mol. The number of para-hydroxylation sites is 1. The summed E-state index contributed by atoms with van der Waals surface area (Å²) < 4.78 is 12.7. The second kappa shape index (κ2) is 9.05. The number of ketones is 1. The predicted octanol–water partition coefficient (Wildman–Crippen LogP) is 4.85. The third kappa shape index (κ3) is 4.33. The van der Waals surface area contributed by atoms with Gasteiger partial charge in [-0.3, -0.25) is 9.48 Å². The maximum atomic E-state index is 12.5. The Labute approximate surface area is 175 Å². The van der Waals surface area contributed by atoms with Crippen molar-refractivity contribution in [1.82, 2.24) is 14.8 Å². The van der Waals surface area contributed by atoms with E-state index < -0.39 is 0 Å². The van der Waals surface area contributed by atoms with Gasteiger partial charge in [0.25, 0.3) is 0 Å². The molecular weight excluding hydrogens is 378 g/mol. The average Bonchev–Trinajstić information content (AvgIpc) is 3.40. The van der Waals surface area contributed by atoms with Crippen LogP contribution in [0.2, 0.25) is 0 Å². The van der Waals surface area contributed by atoms with Gasteiger partial charge >= 0.3 is 0 Å². The van der Waals surface area contributed by atoms with Gasteiger partial charge in [-0.25, -0.2) is 4.98 Å². The van der Waals surface area contributed by atoms with E-state index in [0.29, 0.717) is 31.2 Å². The quantitative estimate of drug-likeness (QED) is 0.374. The van der Waals surface area contributed by atoms with Crippen LogP contribution in [0.1, 0.15) is 34.5 Å². The highest BCUT2D eigenvalue weighted by molar-refractivity contribution is 5.94. The molecule has 154 valence electrons. The Hall–Kier alpha value is -3.25. The van der Waals surface area contributed by atoms with Crippen LogP contribution < -0.4 is 0 Å². The molecule has 2 aromatic carbocycles. The van der Waals surface area contributed by atoms with E-state index in [-0.39, 0.29) is 5.78 Å². The Morgan fingerprint density at radius 1 is 1.13 bits per heavy atom. The number of carbonyl (C=O) groups excluding carboxylic acids is 1. The van der Waals surface area contributed by atoms with Crippen molar-refractivity contribution in [2.24, 2.45) is 0 Å². The SMILES string of the molecule is COCCn1nccc1C(=O)CCCc1ccc(-c2nc3cccc(C)c3o2)cc1. The lowest BCUT2D eigenvalue weighted by atomic mass is 10.0. The summed E-state index contributed by atoms with van der Waals surface area (Å²) in [7, 11) is 1.64. The summed E-state index contributed by atoms with van der Waals surface area (Å²) in [6, 6.07) is 15.9. The van der Waals surface area contributed by atoms with Gasteiger partial charge in [0.05, 0.1) is 13.2 Å². The molecular formula is C24H25N3O3. The number of fused-ring (bicyclic) bond motifs is 1. The van der Waals surface area contributed by atoms with Crippen molar-refractivity contribution in [2.75, 3.05) is 13.7 Å². The smallest absolute Gasteiger partial charge is 0.227 e. The van der Waals surface area contributed by atoms with Crippen molar-refractivity contribution in [1.29, 1.82) is 0 Å². The third-order valence-electron chi connectivity index (χ3n) is 5.19. The van der Waals surface area contributed by atoms with E-state index >= 15 is 0 Å². The first-order valence-corrected chi connectivity index (χ1v) is 10.1. The highest BCUT2D eigenvalue weighted by Crippen LogP contribution is 2.26. The fraction of sp³-hybridized carbons (Fsp3) is 0.292. The summed E-state index contributed by atoms with van der Waals surface area (Å²) in [5.74, 6) is 0.743. The highest BCUT2D eigenvalue weighted by Gasteiger charge is 2.12. The second-order valence-corrected chi connectivity index (χ2v) is 7.35. The number of nitrogens with zero attached hydrogens (tertiary/aromatic N) is 3. The Balaban J connectivity index is 1.35. The van der Waals surface area contributed by atoms with E-state index in [9.17, 15) is 4.79 Å². The molecule has 0 unspecified atom stereocenters. The maximum Gasteiger partial charge on any atom is 0.227 e. The number of rotatable bonds is 9. The molecule has 0 amide bonds. The molecule has 4 aromatic rings. The molecule has 0 aliphatic heterocycles. The summed E-state index contributed by atoms with van der Waals surface area (Å²) in [5, 5.41) is 4.20. The summed E-state index contributed by atoms with van der Waals surface area (Å²) >= 11 is 0. The molecule has 0 spiro atoms. The molecule has 2 aromatic heterocycles. The molecule has 30 heavy (non-hydrogen) atoms. The summed E-state index contributed by atoms with van der Waals surface area (Å²) in [6.45, 7) is 3.14. The van der Waals surface area contributed by atoms with Crippen molar-refractivity contribution in [3.8, 4) is 11.5 Å². The van der Waals surface area contributed by atoms with Crippen LogP contribution in [0, 0.1) is 6.92 Å². The van der Waals surface area contributed by atoms with Gasteiger partial charge in [0.2, 0.25) is 5.89 Å². The van der Waals surface area contributed by atoms with Crippen LogP contribution in [0.4, 0.5) is 0 Å². The summed E-state index contributed by atoms with van der Waals surface area (Å²) in [5.41, 5.74) is 5.57. The Morgan fingerprint density at radius 3 is 2.73 bits per heavy atom. The summed E-state index contributed by atoms with van der Waals surface area (Å²) in [4.78, 5) is 17.1. The van der Waals surface area contributed by atoms with E-state index in [1.807, 2.05) is 37.3 Å². The largest absolute Gasteiger partial charge is 0.436 e. The number of Topliss-reactive ketones (excluding diaryl/α,β-unsaturated/α-hetero) is 1. The Morgan fingerprint density at radius 2 is 1.97 bits per heavy atom. The van der Waals surface area contributed by atoms with E-state index in [0.717, 1.165) is 35.1 Å². The fourth-order valence-corrected chi connectivity index (χ4v) is 3.53. The van der Waals surface area contributed by atoms with Crippen molar-refractivity contribution in [3.63, 3.8) is 0 Å². The zero-order chi connectivity index (χ0) is 20.9. The van der Waals surface area contributed by atoms with Crippen LogP contribution >= 0.6 is 0 Å². The number of methoxy groups -OCH3 is 1. The molecule has 6 heteroatoms. The molecule has 0 fully saturated rings. The zero-order valence-electron chi connectivity index (χ0n) is 17.3. The van der Waals surface area contributed by atoms with Gasteiger partial charge in [0.1, 0.15) is 11.2 Å². The van der Waals surface area contributed by atoms with Crippen LogP contribution in [-0.2, 0) is 17.7 Å². The minimum atomic E-state index is 0.113. The van der Waals surface area contributed by atoms with Gasteiger partial charge in [0, 0.05) is 25.3 Å². The molecule has 4 rings (SSSR count). The van der Waals surface area contributed by atoms with Gasteiger partial charge in [-0.15, -0.1) is 0 Å². The van der Waals surface area contributed by atoms with Crippen LogP contribution in [0.3, 0.4) is 0 Å². The van der Waals surface area contributed by atoms with Gasteiger partial charge < -0.3 is 9.15 Å². The lowest BCUT2D eigenvalue weighted by Gasteiger charge is -2.06. The topological polar surface area (TPSA) is 70.2 Å². The zero-order valence-corrected chi connectivity index (χ0v) is 17.3. The van der Waals surface area contributed by atoms with Crippen molar-refractivity contribution in [3.05, 3.63) is 71.5 Å². The van der Waals surface area contributed by atoms with E-state index in [1.54, 1.807) is 24.1 Å². The number of hydrogen-bond donors (Lipinski definition) is 0. The maximum absolute atomic E-state index is 12.5. The molecule has 0 saturated heterocycles. The van der Waals surface area contributed by atoms with Crippen LogP contribution in [-0.4, -0.2) is 34.3 Å². The number of carbonyl (C=O) groups is 1. The number of hydrogen-bond acceptors (Lipinski definition) is 5. The molecule has 0 aliphatic carbocycles. The first-order valence-electron chi connectivity index (χ1n) is 10.1. The number of aryl methyl sites for hydroxylation is 2. The normalized spacial score (nSPS) is 11.3. The summed E-state index contributed by atoms with van der Waals surface area (Å²) in [6.07, 6.45) is 3.78. The Kier molecular flexibility index (Phi) is 6.05. The number of benzene rings is 2. The Bertz CT molecular complexity index is 1140. The highest BCUT2D eigenvalue weighted by atomic mass is 16.5. The minimum absolute atomic E-state index is 0.113. The molecule has 2 heterocycles. The first kappa shape index (κ1) is 20.0. The molecule has 0 bridgehead atoms. The van der Waals surface area contributed by atoms with Crippen LogP contribution in [0.5, 0.6) is 0 Å². The van der Waals surface area contributed by atoms with Gasteiger partial charge in [0.15, 0.2) is 11.4 Å². The van der Waals surface area contributed by atoms with Crippen molar-refractivity contribution in [2.45, 2.75) is 32.7 Å². The van der Waals surface area contributed by atoms with Crippen molar-refractivity contribution >= 4 is 16.9 Å². The third-order valence-corrected chi connectivity index (χ3v) is 5.19. The second-order valence-electron chi connectivity index (χ2n) is 7.35. The fourth-order valence-electron chi connectivity index (χ4n) is 3.53. The lowest BCUT2D eigenvalue weighted by Crippen LogP contribution is -2.13. The molecule has 0 radical (unpaired) electrons. The molecule has 0 atom stereocenters. The monoisotopic (exact) mass is 403 g/mol. The van der Waals surface area contributed by atoms with Gasteiger partial charge in [-0.2, -0.15) is 5.10 Å². The number of ether oxygens (including phenoxy) is 1. The van der Waals surface area contributed by atoms with Crippen molar-refractivity contribution < 1.29 is 13.9 Å². The minimum Gasteiger partial charge on any atom is -0.436 e. The van der Waals surface area contributed by atoms with Crippen LogP contribution in [0.15, 0.2) is 59.1 Å². The number of oxazole rings is 1. The first-order chi connectivity index (χ1) is 14.7. The lowest BCUT2D eigenvalue weighted by molar-refractivity contribution is 0.0966. The molecule has 0 aliphatic rings. The molecule has 0 N–H and O–H groups in total. The predicted molar refractivity (Wildman–Crippen MR) is 116 cm³/mol. The van der Waals surface area contributed by atoms with Gasteiger partial charge in [-0.1, -0.05) is 24.3 Å². The standard InChI is InChI=1S/C24H25N3O3/c1-17-5-3-7-20-23(17)30-24(26-20)19-11-9-18(10-12-19)6-4-8-22(28)21-13-14-25-27(21)15-16-29-2/h3,5,7,9-14H,4,6,8,15-16H2,1-2H3. The molecule has 6 nitrogen and oxygen atoms in total.